The van der Waals surface area contributed by atoms with Crippen LogP contribution in [0.5, 0.6) is 11.5 Å². The summed E-state index contributed by atoms with van der Waals surface area (Å²) >= 11 is 0. The number of methoxy groups -OCH3 is 1. The number of benzene rings is 2. The van der Waals surface area contributed by atoms with Gasteiger partial charge >= 0.3 is 0 Å². The van der Waals surface area contributed by atoms with Crippen LogP contribution in [0.3, 0.4) is 0 Å². The van der Waals surface area contributed by atoms with Crippen molar-refractivity contribution < 1.29 is 9.47 Å². The summed E-state index contributed by atoms with van der Waals surface area (Å²) < 4.78 is 11.7. The van der Waals surface area contributed by atoms with Gasteiger partial charge in [0.05, 0.1) is 13.2 Å². The Morgan fingerprint density at radius 2 is 1.92 bits per heavy atom. The van der Waals surface area contributed by atoms with E-state index in [1.165, 1.54) is 17.7 Å². The molecule has 1 aliphatic carbocycles. The summed E-state index contributed by atoms with van der Waals surface area (Å²) in [5.74, 6) is 1.71. The molecule has 1 saturated carbocycles. The standard InChI is InChI=1S/C22H28N2O2/c1-25-21-11-10-19(15-22(21)26-20-8-5-9-20)24-13-12-23-18(16-24)14-17-6-3-2-4-7-17/h2-4,6-7,10-11,15,18,20,23H,5,8-9,12-14,16H2,1H3/t18-/m0/s1. The number of anilines is 1. The number of nitrogens with one attached hydrogen (secondary N) is 1. The van der Waals surface area contributed by atoms with Gasteiger partial charge in [-0.25, -0.2) is 0 Å². The second-order valence-electron chi connectivity index (χ2n) is 7.29. The smallest absolute Gasteiger partial charge is 0.163 e. The number of nitrogens with zero attached hydrogens (tertiary/aromatic N) is 1. The molecule has 0 bridgehead atoms. The summed E-state index contributed by atoms with van der Waals surface area (Å²) in [5.41, 5.74) is 2.61. The highest BCUT2D eigenvalue weighted by atomic mass is 16.5. The van der Waals surface area contributed by atoms with Crippen LogP contribution in [0.1, 0.15) is 24.8 Å². The van der Waals surface area contributed by atoms with Crippen molar-refractivity contribution in [1.29, 1.82) is 0 Å². The predicted molar refractivity (Wildman–Crippen MR) is 105 cm³/mol. The van der Waals surface area contributed by atoms with Gasteiger partial charge in [0, 0.05) is 37.4 Å². The highest BCUT2D eigenvalue weighted by molar-refractivity contribution is 5.57. The van der Waals surface area contributed by atoms with Crippen LogP contribution in [0.25, 0.3) is 0 Å². The maximum absolute atomic E-state index is 6.16. The zero-order chi connectivity index (χ0) is 17.8. The number of piperazine rings is 1. The third-order valence-corrected chi connectivity index (χ3v) is 5.44. The van der Waals surface area contributed by atoms with Crippen LogP contribution in [-0.4, -0.2) is 38.9 Å². The second kappa shape index (κ2) is 8.00. The lowest BCUT2D eigenvalue weighted by molar-refractivity contribution is 0.116. The molecule has 4 rings (SSSR count). The molecule has 0 spiro atoms. The molecular formula is C22H28N2O2. The van der Waals surface area contributed by atoms with Crippen molar-refractivity contribution in [2.24, 2.45) is 0 Å². The molecule has 0 amide bonds. The van der Waals surface area contributed by atoms with Crippen molar-refractivity contribution in [3.05, 3.63) is 54.1 Å². The summed E-state index contributed by atoms with van der Waals surface area (Å²) in [6.07, 6.45) is 4.98. The molecule has 1 aliphatic heterocycles. The van der Waals surface area contributed by atoms with Crippen LogP contribution >= 0.6 is 0 Å². The minimum Gasteiger partial charge on any atom is -0.493 e. The van der Waals surface area contributed by atoms with Crippen molar-refractivity contribution in [3.8, 4) is 11.5 Å². The van der Waals surface area contributed by atoms with Crippen LogP contribution < -0.4 is 19.7 Å². The van der Waals surface area contributed by atoms with Crippen LogP contribution in [-0.2, 0) is 6.42 Å². The van der Waals surface area contributed by atoms with Gasteiger partial charge < -0.3 is 19.7 Å². The van der Waals surface area contributed by atoms with Gasteiger partial charge in [0.25, 0.3) is 0 Å². The molecule has 0 aromatic heterocycles. The van der Waals surface area contributed by atoms with E-state index in [9.17, 15) is 0 Å². The Kier molecular flexibility index (Phi) is 5.30. The van der Waals surface area contributed by atoms with Crippen molar-refractivity contribution in [2.75, 3.05) is 31.6 Å². The largest absolute Gasteiger partial charge is 0.493 e. The Hall–Kier alpha value is -2.20. The van der Waals surface area contributed by atoms with Crippen molar-refractivity contribution >= 4 is 5.69 Å². The fourth-order valence-corrected chi connectivity index (χ4v) is 3.72. The monoisotopic (exact) mass is 352 g/mol. The first-order valence-corrected chi connectivity index (χ1v) is 9.69. The van der Waals surface area contributed by atoms with Crippen molar-refractivity contribution in [1.82, 2.24) is 5.32 Å². The average Bonchev–Trinajstić information content (AvgIpc) is 2.65. The van der Waals surface area contributed by atoms with Gasteiger partial charge in [-0.1, -0.05) is 30.3 Å². The van der Waals surface area contributed by atoms with E-state index in [-0.39, 0.29) is 0 Å². The minimum absolute atomic E-state index is 0.355. The molecule has 1 atom stereocenters. The maximum atomic E-state index is 6.16. The zero-order valence-corrected chi connectivity index (χ0v) is 15.5. The fourth-order valence-electron chi connectivity index (χ4n) is 3.72. The summed E-state index contributed by atoms with van der Waals surface area (Å²) in [7, 11) is 1.71. The van der Waals surface area contributed by atoms with E-state index in [1.807, 2.05) is 6.07 Å². The average molecular weight is 352 g/mol. The van der Waals surface area contributed by atoms with E-state index in [1.54, 1.807) is 7.11 Å². The third-order valence-electron chi connectivity index (χ3n) is 5.44. The van der Waals surface area contributed by atoms with E-state index >= 15 is 0 Å². The lowest BCUT2D eigenvalue weighted by Crippen LogP contribution is -2.51. The molecule has 1 heterocycles. The molecular weight excluding hydrogens is 324 g/mol. The highest BCUT2D eigenvalue weighted by Crippen LogP contribution is 2.35. The number of hydrogen-bond donors (Lipinski definition) is 1. The SMILES string of the molecule is COc1ccc(N2CCN[C@@H](Cc3ccccc3)C2)cc1OC1CCC1. The quantitative estimate of drug-likeness (QED) is 0.860. The second-order valence-corrected chi connectivity index (χ2v) is 7.29. The van der Waals surface area contributed by atoms with E-state index in [4.69, 9.17) is 9.47 Å². The van der Waals surface area contributed by atoms with Gasteiger partial charge in [0.1, 0.15) is 0 Å². The number of rotatable bonds is 6. The summed E-state index contributed by atoms with van der Waals surface area (Å²) in [5, 5.41) is 3.66. The van der Waals surface area contributed by atoms with E-state index in [2.05, 4.69) is 52.7 Å². The first kappa shape index (κ1) is 17.2. The molecule has 2 fully saturated rings. The van der Waals surface area contributed by atoms with Gasteiger partial charge in [0.2, 0.25) is 0 Å². The summed E-state index contributed by atoms with van der Waals surface area (Å²) in [6.45, 7) is 3.02. The van der Waals surface area contributed by atoms with Crippen LogP contribution in [0, 0.1) is 0 Å². The van der Waals surface area contributed by atoms with Crippen LogP contribution in [0.15, 0.2) is 48.5 Å². The zero-order valence-electron chi connectivity index (χ0n) is 15.5. The number of ether oxygens (including phenoxy) is 2. The molecule has 2 aromatic rings. The molecule has 4 heteroatoms. The molecule has 26 heavy (non-hydrogen) atoms. The lowest BCUT2D eigenvalue weighted by atomic mass is 9.96. The Morgan fingerprint density at radius 3 is 2.65 bits per heavy atom. The molecule has 138 valence electrons. The van der Waals surface area contributed by atoms with Gasteiger partial charge in [-0.05, 0) is 43.4 Å². The normalized spacial score (nSPS) is 20.5. The minimum atomic E-state index is 0.355. The van der Waals surface area contributed by atoms with Crippen molar-refractivity contribution in [2.45, 2.75) is 37.8 Å². The Morgan fingerprint density at radius 1 is 1.08 bits per heavy atom. The molecule has 2 aromatic carbocycles. The Balaban J connectivity index is 1.46. The summed E-state index contributed by atoms with van der Waals surface area (Å²) in [6, 6.07) is 17.5. The van der Waals surface area contributed by atoms with Gasteiger partial charge in [-0.15, -0.1) is 0 Å². The Labute approximate surface area is 156 Å². The molecule has 4 nitrogen and oxygen atoms in total. The molecule has 1 N–H and O–H groups in total. The third kappa shape index (κ3) is 3.96. The lowest BCUT2D eigenvalue weighted by Gasteiger charge is -2.36. The van der Waals surface area contributed by atoms with Gasteiger partial charge in [-0.2, -0.15) is 0 Å². The first-order valence-electron chi connectivity index (χ1n) is 9.69. The fraction of sp³-hybridized carbons (Fsp3) is 0.455. The van der Waals surface area contributed by atoms with Crippen LogP contribution in [0.4, 0.5) is 5.69 Å². The maximum Gasteiger partial charge on any atom is 0.163 e. The first-order chi connectivity index (χ1) is 12.8. The molecule has 2 aliphatic rings. The van der Waals surface area contributed by atoms with Crippen LogP contribution in [0.2, 0.25) is 0 Å². The topological polar surface area (TPSA) is 33.7 Å². The predicted octanol–water partition coefficient (Wildman–Crippen LogP) is 3.65. The van der Waals surface area contributed by atoms with E-state index in [0.717, 1.165) is 50.4 Å². The Bertz CT molecular complexity index is 715. The van der Waals surface area contributed by atoms with E-state index < -0.39 is 0 Å². The van der Waals surface area contributed by atoms with Gasteiger partial charge in [0.15, 0.2) is 11.5 Å². The number of hydrogen-bond acceptors (Lipinski definition) is 4. The molecule has 1 saturated heterocycles. The van der Waals surface area contributed by atoms with Gasteiger partial charge in [-0.3, -0.25) is 0 Å². The molecule has 0 radical (unpaired) electrons. The molecule has 0 unspecified atom stereocenters. The van der Waals surface area contributed by atoms with E-state index in [0.29, 0.717) is 12.1 Å². The highest BCUT2D eigenvalue weighted by Gasteiger charge is 2.23. The summed E-state index contributed by atoms with van der Waals surface area (Å²) in [4.78, 5) is 2.46. The van der Waals surface area contributed by atoms with Crippen molar-refractivity contribution in [3.63, 3.8) is 0 Å².